The lowest BCUT2D eigenvalue weighted by atomic mass is 10.1. The van der Waals surface area contributed by atoms with Crippen LogP contribution in [0.15, 0.2) is 36.4 Å². The Morgan fingerprint density at radius 3 is 2.58 bits per heavy atom. The summed E-state index contributed by atoms with van der Waals surface area (Å²) in [4.78, 5) is 15.0. The fourth-order valence-corrected chi connectivity index (χ4v) is 3.69. The van der Waals surface area contributed by atoms with Gasteiger partial charge in [0.2, 0.25) is 0 Å². The van der Waals surface area contributed by atoms with Gasteiger partial charge in [0.25, 0.3) is 5.91 Å². The van der Waals surface area contributed by atoms with E-state index < -0.39 is 0 Å². The number of piperidine rings is 1. The molecule has 0 aliphatic carbocycles. The SMILES string of the molecule is CCOc1ccc(C(=O)Nc2cccc(Cl)c2N2CCCCC2)cc1Cl. The molecule has 1 heterocycles. The maximum atomic E-state index is 12.7. The standard InChI is InChI=1S/C20H22Cl2N2O2/c1-2-26-18-10-9-14(13-16(18)22)20(25)23-17-8-6-7-15(21)19(17)24-11-4-3-5-12-24/h6-10,13H,2-5,11-12H2,1H3,(H,23,25). The number of ether oxygens (including phenoxy) is 1. The number of anilines is 2. The Morgan fingerprint density at radius 1 is 1.12 bits per heavy atom. The maximum Gasteiger partial charge on any atom is 0.255 e. The van der Waals surface area contributed by atoms with Crippen molar-refractivity contribution in [2.45, 2.75) is 26.2 Å². The third-order valence-corrected chi connectivity index (χ3v) is 5.00. The minimum absolute atomic E-state index is 0.226. The normalized spacial score (nSPS) is 14.2. The molecule has 138 valence electrons. The van der Waals surface area contributed by atoms with E-state index in [0.717, 1.165) is 37.3 Å². The Morgan fingerprint density at radius 2 is 1.88 bits per heavy atom. The quantitative estimate of drug-likeness (QED) is 0.715. The highest BCUT2D eigenvalue weighted by Gasteiger charge is 2.19. The molecule has 0 unspecified atom stereocenters. The Bertz CT molecular complexity index is 789. The van der Waals surface area contributed by atoms with Crippen molar-refractivity contribution >= 4 is 40.5 Å². The monoisotopic (exact) mass is 392 g/mol. The Hall–Kier alpha value is -1.91. The van der Waals surface area contributed by atoms with Crippen LogP contribution in [-0.2, 0) is 0 Å². The number of carbonyl (C=O) groups excluding carboxylic acids is 1. The van der Waals surface area contributed by atoms with Gasteiger partial charge in [0.15, 0.2) is 0 Å². The van der Waals surface area contributed by atoms with Crippen LogP contribution in [0, 0.1) is 0 Å². The number of hydrogen-bond acceptors (Lipinski definition) is 3. The first-order valence-corrected chi connectivity index (χ1v) is 9.63. The first-order valence-electron chi connectivity index (χ1n) is 8.87. The highest BCUT2D eigenvalue weighted by molar-refractivity contribution is 6.34. The van der Waals surface area contributed by atoms with E-state index in [-0.39, 0.29) is 5.91 Å². The zero-order valence-corrected chi connectivity index (χ0v) is 16.2. The number of benzene rings is 2. The summed E-state index contributed by atoms with van der Waals surface area (Å²) in [7, 11) is 0. The molecular weight excluding hydrogens is 371 g/mol. The minimum Gasteiger partial charge on any atom is -0.492 e. The number of rotatable bonds is 5. The van der Waals surface area contributed by atoms with Gasteiger partial charge in [-0.3, -0.25) is 4.79 Å². The van der Waals surface area contributed by atoms with E-state index in [9.17, 15) is 4.79 Å². The second-order valence-electron chi connectivity index (χ2n) is 6.22. The molecule has 26 heavy (non-hydrogen) atoms. The van der Waals surface area contributed by atoms with Crippen molar-refractivity contribution in [3.63, 3.8) is 0 Å². The van der Waals surface area contributed by atoms with Gasteiger partial charge in [0.05, 0.1) is 28.0 Å². The van der Waals surface area contributed by atoms with Crippen molar-refractivity contribution in [2.24, 2.45) is 0 Å². The van der Waals surface area contributed by atoms with Gasteiger partial charge in [-0.25, -0.2) is 0 Å². The van der Waals surface area contributed by atoms with Gasteiger partial charge in [-0.05, 0) is 56.5 Å². The summed E-state index contributed by atoms with van der Waals surface area (Å²) >= 11 is 12.6. The summed E-state index contributed by atoms with van der Waals surface area (Å²) in [6, 6.07) is 10.6. The van der Waals surface area contributed by atoms with Crippen LogP contribution in [0.5, 0.6) is 5.75 Å². The van der Waals surface area contributed by atoms with Crippen molar-refractivity contribution in [1.82, 2.24) is 0 Å². The van der Waals surface area contributed by atoms with Crippen LogP contribution in [-0.4, -0.2) is 25.6 Å². The molecule has 1 fully saturated rings. The molecule has 0 spiro atoms. The molecule has 4 nitrogen and oxygen atoms in total. The number of hydrogen-bond donors (Lipinski definition) is 1. The second-order valence-corrected chi connectivity index (χ2v) is 7.03. The highest BCUT2D eigenvalue weighted by Crippen LogP contribution is 2.36. The lowest BCUT2D eigenvalue weighted by Crippen LogP contribution is -2.30. The molecule has 6 heteroatoms. The van der Waals surface area contributed by atoms with Crippen LogP contribution in [0.25, 0.3) is 0 Å². The largest absolute Gasteiger partial charge is 0.492 e. The zero-order valence-electron chi connectivity index (χ0n) is 14.7. The van der Waals surface area contributed by atoms with Crippen LogP contribution in [0.1, 0.15) is 36.5 Å². The predicted molar refractivity (Wildman–Crippen MR) is 108 cm³/mol. The van der Waals surface area contributed by atoms with Crippen molar-refractivity contribution in [3.05, 3.63) is 52.0 Å². The van der Waals surface area contributed by atoms with E-state index in [1.165, 1.54) is 6.42 Å². The maximum absolute atomic E-state index is 12.7. The van der Waals surface area contributed by atoms with E-state index in [2.05, 4.69) is 10.2 Å². The molecule has 3 rings (SSSR count). The molecule has 1 aliphatic rings. The van der Waals surface area contributed by atoms with Crippen molar-refractivity contribution < 1.29 is 9.53 Å². The van der Waals surface area contributed by atoms with Gasteiger partial charge in [0, 0.05) is 18.7 Å². The minimum atomic E-state index is -0.226. The summed E-state index contributed by atoms with van der Waals surface area (Å²) in [6.45, 7) is 4.30. The van der Waals surface area contributed by atoms with Gasteiger partial charge in [-0.15, -0.1) is 0 Å². The number of carbonyl (C=O) groups is 1. The number of para-hydroxylation sites is 1. The average molecular weight is 393 g/mol. The van der Waals surface area contributed by atoms with Crippen LogP contribution in [0.2, 0.25) is 10.0 Å². The van der Waals surface area contributed by atoms with Crippen molar-refractivity contribution in [3.8, 4) is 5.75 Å². The van der Waals surface area contributed by atoms with Gasteiger partial charge >= 0.3 is 0 Å². The third-order valence-electron chi connectivity index (χ3n) is 4.40. The number of amides is 1. The summed E-state index contributed by atoms with van der Waals surface area (Å²) in [5, 5.41) is 4.05. The zero-order chi connectivity index (χ0) is 18.5. The number of halogens is 2. The predicted octanol–water partition coefficient (Wildman–Crippen LogP) is 5.63. The molecule has 0 atom stereocenters. The molecule has 1 N–H and O–H groups in total. The second kappa shape index (κ2) is 8.65. The highest BCUT2D eigenvalue weighted by atomic mass is 35.5. The lowest BCUT2D eigenvalue weighted by Gasteiger charge is -2.31. The van der Waals surface area contributed by atoms with Crippen molar-refractivity contribution in [1.29, 1.82) is 0 Å². The fourth-order valence-electron chi connectivity index (χ4n) is 3.16. The topological polar surface area (TPSA) is 41.6 Å². The molecule has 2 aromatic carbocycles. The average Bonchev–Trinajstić information content (AvgIpc) is 2.64. The van der Waals surface area contributed by atoms with E-state index in [0.29, 0.717) is 28.0 Å². The van der Waals surface area contributed by atoms with E-state index in [1.807, 2.05) is 25.1 Å². The molecule has 0 saturated carbocycles. The number of nitrogens with one attached hydrogen (secondary N) is 1. The van der Waals surface area contributed by atoms with Gasteiger partial charge in [0.1, 0.15) is 5.75 Å². The van der Waals surface area contributed by atoms with Gasteiger partial charge in [-0.1, -0.05) is 29.3 Å². The fraction of sp³-hybridized carbons (Fsp3) is 0.350. The third kappa shape index (κ3) is 4.25. The molecule has 0 aromatic heterocycles. The van der Waals surface area contributed by atoms with E-state index in [4.69, 9.17) is 27.9 Å². The first-order chi connectivity index (χ1) is 12.6. The molecule has 0 bridgehead atoms. The Kier molecular flexibility index (Phi) is 6.28. The van der Waals surface area contributed by atoms with E-state index in [1.54, 1.807) is 18.2 Å². The summed E-state index contributed by atoms with van der Waals surface area (Å²) in [5.41, 5.74) is 2.08. The van der Waals surface area contributed by atoms with E-state index >= 15 is 0 Å². The van der Waals surface area contributed by atoms with Crippen LogP contribution in [0.4, 0.5) is 11.4 Å². The smallest absolute Gasteiger partial charge is 0.255 e. The van der Waals surface area contributed by atoms with Crippen LogP contribution in [0.3, 0.4) is 0 Å². The summed E-state index contributed by atoms with van der Waals surface area (Å²) < 4.78 is 5.42. The van der Waals surface area contributed by atoms with Crippen molar-refractivity contribution in [2.75, 3.05) is 29.9 Å². The molecule has 1 aliphatic heterocycles. The molecular formula is C20H22Cl2N2O2. The molecule has 1 amide bonds. The Balaban J connectivity index is 1.83. The van der Waals surface area contributed by atoms with Crippen LogP contribution >= 0.6 is 23.2 Å². The first kappa shape index (κ1) is 18.9. The van der Waals surface area contributed by atoms with Crippen LogP contribution < -0.4 is 15.0 Å². The van der Waals surface area contributed by atoms with Gasteiger partial charge in [-0.2, -0.15) is 0 Å². The molecule has 1 saturated heterocycles. The molecule has 2 aromatic rings. The number of nitrogens with zero attached hydrogens (tertiary/aromatic N) is 1. The molecule has 0 radical (unpaired) electrons. The Labute approximate surface area is 164 Å². The summed E-state index contributed by atoms with van der Waals surface area (Å²) in [6.07, 6.45) is 3.49. The summed E-state index contributed by atoms with van der Waals surface area (Å²) in [5.74, 6) is 0.345. The lowest BCUT2D eigenvalue weighted by molar-refractivity contribution is 0.102. The van der Waals surface area contributed by atoms with Gasteiger partial charge < -0.3 is 15.0 Å².